The van der Waals surface area contributed by atoms with Crippen molar-refractivity contribution in [3.8, 4) is 5.69 Å². The van der Waals surface area contributed by atoms with Crippen LogP contribution in [0.25, 0.3) is 5.69 Å². The molecule has 5 heterocycles. The van der Waals surface area contributed by atoms with Gasteiger partial charge in [-0.2, -0.15) is 13.2 Å². The summed E-state index contributed by atoms with van der Waals surface area (Å²) in [4.78, 5) is 12.5. The maximum atomic E-state index is 14.2. The lowest BCUT2D eigenvalue weighted by molar-refractivity contribution is -0.310. The maximum Gasteiger partial charge on any atom is 0.411 e. The van der Waals surface area contributed by atoms with E-state index in [0.717, 1.165) is 54.6 Å². The third-order valence-corrected chi connectivity index (χ3v) is 8.62. The Kier molecular flexibility index (Phi) is 4.97. The first-order chi connectivity index (χ1) is 17.7. The molecule has 0 unspecified atom stereocenters. The summed E-state index contributed by atoms with van der Waals surface area (Å²) in [5.74, 6) is 2.26. The van der Waals surface area contributed by atoms with E-state index in [0.29, 0.717) is 10.8 Å². The molecule has 2 aromatic heterocycles. The van der Waals surface area contributed by atoms with Gasteiger partial charge in [-0.05, 0) is 49.6 Å². The maximum absolute atomic E-state index is 14.2. The van der Waals surface area contributed by atoms with Crippen LogP contribution in [0.5, 0.6) is 0 Å². The van der Waals surface area contributed by atoms with Gasteiger partial charge in [-0.25, -0.2) is 9.97 Å². The van der Waals surface area contributed by atoms with E-state index in [1.165, 1.54) is 4.90 Å². The van der Waals surface area contributed by atoms with Crippen LogP contribution in [0.4, 0.5) is 19.1 Å². The van der Waals surface area contributed by atoms with E-state index in [1.54, 1.807) is 18.3 Å². The molecule has 1 spiro atoms. The highest BCUT2D eigenvalue weighted by Gasteiger charge is 2.64. The highest BCUT2D eigenvalue weighted by atomic mass is 35.5. The van der Waals surface area contributed by atoms with Crippen molar-refractivity contribution in [3.63, 3.8) is 0 Å². The topological polar surface area (TPSA) is 72.2 Å². The minimum atomic E-state index is -4.43. The van der Waals surface area contributed by atoms with Gasteiger partial charge in [0.2, 0.25) is 5.95 Å². The van der Waals surface area contributed by atoms with Crippen LogP contribution in [0, 0.1) is 12.3 Å². The first kappa shape index (κ1) is 23.4. The molecule has 7 rings (SSSR count). The number of rotatable bonds is 3. The number of halogens is 4. The minimum Gasteiger partial charge on any atom is -0.377 e. The fraction of sp³-hybridized carbons (Fsp3) is 0.520. The predicted molar refractivity (Wildman–Crippen MR) is 129 cm³/mol. The molecule has 0 amide bonds. The number of fused-ring (bicyclic) bond motifs is 3. The summed E-state index contributed by atoms with van der Waals surface area (Å²) in [6.07, 6.45) is -0.760. The average molecular weight is 532 g/mol. The van der Waals surface area contributed by atoms with Crippen molar-refractivity contribution >= 4 is 17.5 Å². The molecule has 0 bridgehead atoms. The van der Waals surface area contributed by atoms with Crippen LogP contribution in [0.2, 0.25) is 5.02 Å². The summed E-state index contributed by atoms with van der Waals surface area (Å²) in [6, 6.07) is 7.27. The van der Waals surface area contributed by atoms with Gasteiger partial charge < -0.3 is 9.64 Å². The third kappa shape index (κ3) is 3.50. The van der Waals surface area contributed by atoms with Crippen molar-refractivity contribution in [1.29, 1.82) is 0 Å². The lowest BCUT2D eigenvalue weighted by atomic mass is 9.57. The SMILES string of the molecule is Cc1ccnc(N2CC3(CC(c4nnc5n4-c4ccc(Cl)cc4CN(C4(C(F)(F)F)COC4)C5)C3)C2)n1. The third-order valence-electron chi connectivity index (χ3n) is 8.39. The van der Waals surface area contributed by atoms with Crippen molar-refractivity contribution in [2.24, 2.45) is 5.41 Å². The second-order valence-corrected chi connectivity index (χ2v) is 11.4. The molecule has 12 heteroatoms. The summed E-state index contributed by atoms with van der Waals surface area (Å²) < 4.78 is 49.7. The summed E-state index contributed by atoms with van der Waals surface area (Å²) in [7, 11) is 0. The fourth-order valence-corrected chi connectivity index (χ4v) is 6.53. The molecule has 0 radical (unpaired) electrons. The van der Waals surface area contributed by atoms with Gasteiger partial charge >= 0.3 is 6.18 Å². The number of alkyl halides is 3. The quantitative estimate of drug-likeness (QED) is 0.505. The van der Waals surface area contributed by atoms with Crippen molar-refractivity contribution in [2.75, 3.05) is 31.2 Å². The molecule has 8 nitrogen and oxygen atoms in total. The Morgan fingerprint density at radius 3 is 2.54 bits per heavy atom. The normalized spacial score (nSPS) is 22.5. The molecule has 194 valence electrons. The zero-order valence-electron chi connectivity index (χ0n) is 20.2. The average Bonchev–Trinajstić information content (AvgIpc) is 3.06. The Hall–Kier alpha value is -2.76. The van der Waals surface area contributed by atoms with Gasteiger partial charge in [-0.3, -0.25) is 9.47 Å². The zero-order chi connectivity index (χ0) is 25.6. The number of benzene rings is 1. The number of anilines is 1. The van der Waals surface area contributed by atoms with Gasteiger partial charge in [-0.15, -0.1) is 10.2 Å². The number of nitrogens with zero attached hydrogens (tertiary/aromatic N) is 7. The summed E-state index contributed by atoms with van der Waals surface area (Å²) >= 11 is 6.29. The Morgan fingerprint density at radius 2 is 1.86 bits per heavy atom. The van der Waals surface area contributed by atoms with Gasteiger partial charge in [0.05, 0.1) is 25.4 Å². The molecule has 3 aromatic rings. The van der Waals surface area contributed by atoms with Crippen molar-refractivity contribution in [2.45, 2.75) is 50.5 Å². The Morgan fingerprint density at radius 1 is 1.08 bits per heavy atom. The van der Waals surface area contributed by atoms with Crippen molar-refractivity contribution in [3.05, 3.63) is 58.4 Å². The van der Waals surface area contributed by atoms with Crippen LogP contribution >= 0.6 is 11.6 Å². The second-order valence-electron chi connectivity index (χ2n) is 10.9. The molecule has 0 N–H and O–H groups in total. The van der Waals surface area contributed by atoms with Gasteiger partial charge in [-0.1, -0.05) is 11.6 Å². The number of aromatic nitrogens is 5. The monoisotopic (exact) mass is 531 g/mol. The van der Waals surface area contributed by atoms with Crippen molar-refractivity contribution < 1.29 is 17.9 Å². The van der Waals surface area contributed by atoms with Crippen LogP contribution in [0.1, 0.15) is 41.7 Å². The van der Waals surface area contributed by atoms with Crippen LogP contribution in [0.15, 0.2) is 30.5 Å². The summed E-state index contributed by atoms with van der Waals surface area (Å²) in [6.45, 7) is 3.08. The highest BCUT2D eigenvalue weighted by molar-refractivity contribution is 6.30. The molecular formula is C25H25ClF3N7O. The molecular weight excluding hydrogens is 507 g/mol. The standard InChI is InChI=1S/C25H25ClF3N7O/c1-15-4-5-30-22(31-15)34-11-23(12-34)7-17(8-23)21-33-32-20-10-35(24(13-37-14-24)25(27,28)29)9-16-6-18(26)2-3-19(16)36(20)21/h2-6,17H,7-14H2,1H3. The molecule has 1 saturated carbocycles. The number of aryl methyl sites for hydroxylation is 1. The van der Waals surface area contributed by atoms with Gasteiger partial charge in [0.15, 0.2) is 11.4 Å². The fourth-order valence-electron chi connectivity index (χ4n) is 6.33. The highest BCUT2D eigenvalue weighted by Crippen LogP contribution is 2.56. The van der Waals surface area contributed by atoms with E-state index in [9.17, 15) is 13.2 Å². The molecule has 1 aromatic carbocycles. The minimum absolute atomic E-state index is 0.0263. The number of hydrogen-bond donors (Lipinski definition) is 0. The smallest absolute Gasteiger partial charge is 0.377 e. The summed E-state index contributed by atoms with van der Waals surface area (Å²) in [5, 5.41) is 9.41. The van der Waals surface area contributed by atoms with E-state index >= 15 is 0 Å². The number of hydrogen-bond acceptors (Lipinski definition) is 7. The van der Waals surface area contributed by atoms with E-state index in [1.807, 2.05) is 23.6 Å². The molecule has 1 aliphatic carbocycles. The molecule has 37 heavy (non-hydrogen) atoms. The Labute approximate surface area is 216 Å². The lowest BCUT2D eigenvalue weighted by Gasteiger charge is -2.58. The zero-order valence-corrected chi connectivity index (χ0v) is 20.9. The number of ether oxygens (including phenoxy) is 1. The van der Waals surface area contributed by atoms with Gasteiger partial charge in [0.1, 0.15) is 5.82 Å². The van der Waals surface area contributed by atoms with E-state index in [2.05, 4.69) is 25.1 Å². The first-order valence-electron chi connectivity index (χ1n) is 12.3. The van der Waals surface area contributed by atoms with E-state index in [-0.39, 0.29) is 37.6 Å². The van der Waals surface area contributed by atoms with Crippen LogP contribution in [-0.2, 0) is 17.8 Å². The van der Waals surface area contributed by atoms with Crippen LogP contribution in [-0.4, -0.2) is 67.7 Å². The second kappa shape index (κ2) is 7.87. The molecule has 3 aliphatic heterocycles. The van der Waals surface area contributed by atoms with Crippen molar-refractivity contribution in [1.82, 2.24) is 29.6 Å². The first-order valence-corrected chi connectivity index (χ1v) is 12.7. The molecule has 4 aliphatic rings. The summed E-state index contributed by atoms with van der Waals surface area (Å²) in [5.41, 5.74) is 0.610. The Bertz CT molecular complexity index is 1370. The molecule has 2 saturated heterocycles. The van der Waals surface area contributed by atoms with Crippen LogP contribution < -0.4 is 4.90 Å². The largest absolute Gasteiger partial charge is 0.411 e. The lowest BCUT2D eigenvalue weighted by Crippen LogP contribution is -2.69. The van der Waals surface area contributed by atoms with Gasteiger partial charge in [0.25, 0.3) is 0 Å². The molecule has 0 atom stereocenters. The van der Waals surface area contributed by atoms with Gasteiger partial charge in [0, 0.05) is 47.9 Å². The van der Waals surface area contributed by atoms with E-state index in [4.69, 9.17) is 16.3 Å². The molecule has 3 fully saturated rings. The predicted octanol–water partition coefficient (Wildman–Crippen LogP) is 4.05. The Balaban J connectivity index is 1.17. The van der Waals surface area contributed by atoms with Crippen LogP contribution in [0.3, 0.4) is 0 Å². The van der Waals surface area contributed by atoms with E-state index < -0.39 is 11.7 Å².